The Morgan fingerprint density at radius 1 is 1.57 bits per heavy atom. The molecule has 0 saturated heterocycles. The first-order chi connectivity index (χ1) is 6.60. The van der Waals surface area contributed by atoms with Crippen molar-refractivity contribution in [3.63, 3.8) is 0 Å². The Balaban J connectivity index is 3.31. The second-order valence-corrected chi connectivity index (χ2v) is 2.73. The second-order valence-electron chi connectivity index (χ2n) is 2.46. The Morgan fingerprint density at radius 3 is 2.64 bits per heavy atom. The minimum absolute atomic E-state index is 0.161. The zero-order valence-electron chi connectivity index (χ0n) is 6.81. The molecular weight excluding hydrogens is 219 g/mol. The first-order valence-corrected chi connectivity index (χ1v) is 4.12. The summed E-state index contributed by atoms with van der Waals surface area (Å²) in [5, 5.41) is 0. The molecule has 1 aromatic rings. The van der Waals surface area contributed by atoms with Gasteiger partial charge in [0.1, 0.15) is 5.69 Å². The van der Waals surface area contributed by atoms with Crippen LogP contribution in [0.1, 0.15) is 28.0 Å². The summed E-state index contributed by atoms with van der Waals surface area (Å²) in [7, 11) is 0. The van der Waals surface area contributed by atoms with Crippen molar-refractivity contribution in [1.29, 1.82) is 0 Å². The molecule has 0 unspecified atom stereocenters. The second kappa shape index (κ2) is 4.41. The Morgan fingerprint density at radius 2 is 2.21 bits per heavy atom. The van der Waals surface area contributed by atoms with Gasteiger partial charge in [-0.15, -0.1) is 11.6 Å². The average molecular weight is 224 g/mol. The molecule has 0 aliphatic rings. The number of nitrogens with zero attached hydrogens (tertiary/aromatic N) is 1. The summed E-state index contributed by atoms with van der Waals surface area (Å²) in [6, 6.07) is 0.832. The molecule has 1 heterocycles. The smallest absolute Gasteiger partial charge is 0.280 e. The molecule has 1 rings (SSSR count). The summed E-state index contributed by atoms with van der Waals surface area (Å²) in [5.41, 5.74) is -1.12. The Labute approximate surface area is 82.7 Å². The van der Waals surface area contributed by atoms with Crippen molar-refractivity contribution in [2.45, 2.75) is 12.3 Å². The van der Waals surface area contributed by atoms with Crippen molar-refractivity contribution in [3.8, 4) is 0 Å². The van der Waals surface area contributed by atoms with Crippen LogP contribution in [0.3, 0.4) is 0 Å². The van der Waals surface area contributed by atoms with Crippen LogP contribution in [0.5, 0.6) is 0 Å². The van der Waals surface area contributed by atoms with Crippen LogP contribution in [-0.4, -0.2) is 11.3 Å². The summed E-state index contributed by atoms with van der Waals surface area (Å²) in [5.74, 6) is -1.41. The van der Waals surface area contributed by atoms with Gasteiger partial charge in [0.15, 0.2) is 6.29 Å². The average Bonchev–Trinajstić information content (AvgIpc) is 2.16. The highest BCUT2D eigenvalue weighted by Crippen LogP contribution is 2.21. The third-order valence-electron chi connectivity index (χ3n) is 1.61. The topological polar surface area (TPSA) is 30.0 Å². The monoisotopic (exact) mass is 223 g/mol. The van der Waals surface area contributed by atoms with Crippen LogP contribution >= 0.6 is 11.6 Å². The van der Waals surface area contributed by atoms with Crippen molar-refractivity contribution in [3.05, 3.63) is 28.8 Å². The first-order valence-electron chi connectivity index (χ1n) is 3.58. The van der Waals surface area contributed by atoms with Crippen molar-refractivity contribution < 1.29 is 18.0 Å². The van der Waals surface area contributed by atoms with Gasteiger partial charge >= 0.3 is 0 Å². The Hall–Kier alpha value is -1.10. The van der Waals surface area contributed by atoms with E-state index >= 15 is 0 Å². The Kier molecular flexibility index (Phi) is 3.46. The lowest BCUT2D eigenvalue weighted by Gasteiger charge is -2.05. The summed E-state index contributed by atoms with van der Waals surface area (Å²) in [6.45, 7) is 0. The fourth-order valence-corrected chi connectivity index (χ4v) is 1.19. The molecule has 0 radical (unpaired) electrons. The fraction of sp³-hybridized carbons (Fsp3) is 0.250. The van der Waals surface area contributed by atoms with E-state index in [9.17, 15) is 18.0 Å². The molecule has 0 aromatic carbocycles. The van der Waals surface area contributed by atoms with Crippen LogP contribution in [0.4, 0.5) is 13.2 Å². The highest BCUT2D eigenvalue weighted by Gasteiger charge is 2.16. The number of pyridine rings is 1. The van der Waals surface area contributed by atoms with Crippen molar-refractivity contribution in [2.75, 3.05) is 0 Å². The van der Waals surface area contributed by atoms with Gasteiger partial charge in [-0.25, -0.2) is 13.8 Å². The predicted octanol–water partition coefficient (Wildman–Crippen LogP) is 2.71. The minimum Gasteiger partial charge on any atom is -0.298 e. The van der Waals surface area contributed by atoms with Crippen molar-refractivity contribution in [2.24, 2.45) is 0 Å². The number of rotatable bonds is 3. The van der Waals surface area contributed by atoms with E-state index in [2.05, 4.69) is 4.98 Å². The first kappa shape index (κ1) is 11.0. The highest BCUT2D eigenvalue weighted by molar-refractivity contribution is 6.17. The predicted molar refractivity (Wildman–Crippen MR) is 44.1 cm³/mol. The molecular formula is C8H5ClF3NO. The van der Waals surface area contributed by atoms with Crippen LogP contribution in [0, 0.1) is 5.95 Å². The van der Waals surface area contributed by atoms with Gasteiger partial charge in [0.05, 0.1) is 5.88 Å². The summed E-state index contributed by atoms with van der Waals surface area (Å²) in [4.78, 5) is 13.4. The number of carbonyl (C=O) groups is 1. The lowest BCUT2D eigenvalue weighted by molar-refractivity contribution is 0.112. The molecule has 0 N–H and O–H groups in total. The van der Waals surface area contributed by atoms with E-state index in [1.54, 1.807) is 0 Å². The molecule has 6 heteroatoms. The molecule has 0 aliphatic heterocycles. The molecule has 0 bridgehead atoms. The number of hydrogen-bond acceptors (Lipinski definition) is 2. The van der Waals surface area contributed by atoms with E-state index in [1.165, 1.54) is 0 Å². The van der Waals surface area contributed by atoms with E-state index in [4.69, 9.17) is 11.6 Å². The standard InChI is InChI=1S/C8H5ClF3NO/c9-2-5-4(3-14)1-6(7(10)11)13-8(5)12/h1,3,7H,2H2. The number of hydrogen-bond donors (Lipinski definition) is 0. The van der Waals surface area contributed by atoms with Crippen LogP contribution in [0.2, 0.25) is 0 Å². The van der Waals surface area contributed by atoms with E-state index in [1.807, 2.05) is 0 Å². The summed E-state index contributed by atoms with van der Waals surface area (Å²) < 4.78 is 37.2. The van der Waals surface area contributed by atoms with Gasteiger partial charge in [-0.05, 0) is 6.07 Å². The zero-order chi connectivity index (χ0) is 10.7. The SMILES string of the molecule is O=Cc1cc(C(F)F)nc(F)c1CCl. The number of alkyl halides is 3. The quantitative estimate of drug-likeness (QED) is 0.448. The molecule has 1 aromatic heterocycles. The maximum Gasteiger partial charge on any atom is 0.280 e. The number of carbonyl (C=O) groups excluding carboxylic acids is 1. The van der Waals surface area contributed by atoms with E-state index < -0.39 is 18.1 Å². The third kappa shape index (κ3) is 2.04. The third-order valence-corrected chi connectivity index (χ3v) is 1.88. The molecule has 0 aliphatic carbocycles. The number of aldehydes is 1. The lowest BCUT2D eigenvalue weighted by atomic mass is 10.1. The van der Waals surface area contributed by atoms with E-state index in [0.717, 1.165) is 6.07 Å². The van der Waals surface area contributed by atoms with Crippen LogP contribution in [0.15, 0.2) is 6.07 Å². The maximum absolute atomic E-state index is 13.0. The van der Waals surface area contributed by atoms with Crippen LogP contribution in [0.25, 0.3) is 0 Å². The van der Waals surface area contributed by atoms with Gasteiger partial charge in [-0.2, -0.15) is 4.39 Å². The fourth-order valence-electron chi connectivity index (χ4n) is 0.928. The molecule has 0 saturated carbocycles. The normalized spacial score (nSPS) is 10.6. The van der Waals surface area contributed by atoms with Crippen molar-refractivity contribution >= 4 is 17.9 Å². The number of aromatic nitrogens is 1. The molecule has 0 fully saturated rings. The van der Waals surface area contributed by atoms with E-state index in [0.29, 0.717) is 0 Å². The summed E-state index contributed by atoms with van der Waals surface area (Å²) >= 11 is 5.32. The maximum atomic E-state index is 13.0. The van der Waals surface area contributed by atoms with Gasteiger partial charge < -0.3 is 0 Å². The van der Waals surface area contributed by atoms with Gasteiger partial charge in [0.25, 0.3) is 6.43 Å². The van der Waals surface area contributed by atoms with Gasteiger partial charge in [0, 0.05) is 11.1 Å². The number of halogens is 4. The summed E-state index contributed by atoms with van der Waals surface area (Å²) in [6.07, 6.45) is -2.64. The zero-order valence-corrected chi connectivity index (χ0v) is 7.56. The van der Waals surface area contributed by atoms with Crippen LogP contribution < -0.4 is 0 Å². The molecule has 0 spiro atoms. The molecule has 0 amide bonds. The lowest BCUT2D eigenvalue weighted by Crippen LogP contribution is -2.02. The minimum atomic E-state index is -2.91. The molecule has 14 heavy (non-hydrogen) atoms. The highest BCUT2D eigenvalue weighted by atomic mass is 35.5. The van der Waals surface area contributed by atoms with Gasteiger partial charge in [-0.3, -0.25) is 4.79 Å². The van der Waals surface area contributed by atoms with Crippen LogP contribution in [-0.2, 0) is 5.88 Å². The Bertz CT molecular complexity index is 357. The molecule has 0 atom stereocenters. The largest absolute Gasteiger partial charge is 0.298 e. The van der Waals surface area contributed by atoms with E-state index in [-0.39, 0.29) is 23.3 Å². The molecule has 2 nitrogen and oxygen atoms in total. The van der Waals surface area contributed by atoms with Crippen molar-refractivity contribution in [1.82, 2.24) is 4.98 Å². The molecule has 76 valence electrons. The van der Waals surface area contributed by atoms with Gasteiger partial charge in [0.2, 0.25) is 5.95 Å². The van der Waals surface area contributed by atoms with Gasteiger partial charge in [-0.1, -0.05) is 0 Å².